The second kappa shape index (κ2) is 5.05. The van der Waals surface area contributed by atoms with Crippen molar-refractivity contribution in [1.82, 2.24) is 0 Å². The molecule has 0 fully saturated rings. The Morgan fingerprint density at radius 1 is 1.57 bits per heavy atom. The first-order chi connectivity index (χ1) is 2.64. The van der Waals surface area contributed by atoms with Crippen LogP contribution in [0.1, 0.15) is 13.8 Å². The van der Waals surface area contributed by atoms with Gasteiger partial charge in [0.1, 0.15) is 0 Å². The van der Waals surface area contributed by atoms with Crippen LogP contribution in [0.5, 0.6) is 0 Å². The fourth-order valence-electron chi connectivity index (χ4n) is 0. The third-order valence-electron chi connectivity index (χ3n) is 0.365. The van der Waals surface area contributed by atoms with Crippen LogP contribution in [0.4, 0.5) is 0 Å². The van der Waals surface area contributed by atoms with Crippen LogP contribution in [0, 0.1) is 16.2 Å². The van der Waals surface area contributed by atoms with Gasteiger partial charge in [-0.15, -0.1) is 18.8 Å². The number of hydrogen-bond acceptors (Lipinski definition) is 2. The maximum Gasteiger partial charge on any atom is 1.00 e. The molecule has 0 atom stereocenters. The minimum atomic E-state index is -0.417. The van der Waals surface area contributed by atoms with E-state index in [2.05, 4.69) is 0 Å². The minimum absolute atomic E-state index is 0. The van der Waals surface area contributed by atoms with Crippen LogP contribution >= 0.6 is 0 Å². The van der Waals surface area contributed by atoms with Gasteiger partial charge in [-0.25, -0.2) is 0 Å². The van der Waals surface area contributed by atoms with Crippen molar-refractivity contribution < 1.29 is 56.3 Å². The fraction of sp³-hybridized carbons (Fsp3) is 0.667. The van der Waals surface area contributed by atoms with Crippen molar-refractivity contribution in [1.29, 1.82) is 0 Å². The summed E-state index contributed by atoms with van der Waals surface area (Å²) in [4.78, 5) is 9.05. The SMILES string of the molecule is C[C-](C)[N+](=O)[O-].[K+]. The number of nitrogens with zero attached hydrogens (tertiary/aromatic N) is 1. The third kappa shape index (κ3) is 6.91. The molecular weight excluding hydrogens is 121 g/mol. The van der Waals surface area contributed by atoms with Gasteiger partial charge in [-0.2, -0.15) is 0 Å². The predicted octanol–water partition coefficient (Wildman–Crippen LogP) is -2.16. The molecule has 0 aromatic heterocycles. The van der Waals surface area contributed by atoms with Crippen molar-refractivity contribution in [2.75, 3.05) is 0 Å². The molecule has 0 spiro atoms. The quantitative estimate of drug-likeness (QED) is 0.174. The van der Waals surface area contributed by atoms with Gasteiger partial charge in [-0.1, -0.05) is 6.04 Å². The summed E-state index contributed by atoms with van der Waals surface area (Å²) in [5, 5.41) is 9.47. The average Bonchev–Trinajstić information content (AvgIpc) is 1.36. The van der Waals surface area contributed by atoms with Crippen LogP contribution < -0.4 is 51.4 Å². The van der Waals surface area contributed by atoms with Crippen molar-refractivity contribution in [2.24, 2.45) is 0 Å². The zero-order valence-corrected chi connectivity index (χ0v) is 7.89. The van der Waals surface area contributed by atoms with Gasteiger partial charge in [0, 0.05) is 0 Å². The minimum Gasteiger partial charge on any atom is -0.295 e. The van der Waals surface area contributed by atoms with E-state index in [1.54, 1.807) is 0 Å². The fourth-order valence-corrected chi connectivity index (χ4v) is 0. The summed E-state index contributed by atoms with van der Waals surface area (Å²) in [5.74, 6) is 0. The first-order valence-electron chi connectivity index (χ1n) is 1.59. The maximum absolute atomic E-state index is 9.47. The average molecular weight is 127 g/mol. The Balaban J connectivity index is 0. The first kappa shape index (κ1) is 10.8. The van der Waals surface area contributed by atoms with E-state index in [4.69, 9.17) is 0 Å². The summed E-state index contributed by atoms with van der Waals surface area (Å²) in [6.45, 7) is 2.92. The van der Waals surface area contributed by atoms with Gasteiger partial charge in [0.15, 0.2) is 0 Å². The monoisotopic (exact) mass is 127 g/mol. The van der Waals surface area contributed by atoms with Gasteiger partial charge in [-0.05, 0) is 0 Å². The van der Waals surface area contributed by atoms with Crippen molar-refractivity contribution in [3.8, 4) is 0 Å². The Bertz CT molecular complexity index is 64.0. The van der Waals surface area contributed by atoms with Crippen molar-refractivity contribution in [2.45, 2.75) is 13.8 Å². The molecule has 0 rings (SSSR count). The molecule has 0 aliphatic carbocycles. The van der Waals surface area contributed by atoms with Crippen LogP contribution in [-0.2, 0) is 0 Å². The number of hydrogen-bond donors (Lipinski definition) is 0. The van der Waals surface area contributed by atoms with Gasteiger partial charge in [-0.3, -0.25) is 10.1 Å². The summed E-state index contributed by atoms with van der Waals surface area (Å²) in [7, 11) is 0. The van der Waals surface area contributed by atoms with Gasteiger partial charge in [0.2, 0.25) is 0 Å². The topological polar surface area (TPSA) is 43.1 Å². The van der Waals surface area contributed by atoms with Crippen molar-refractivity contribution >= 4 is 0 Å². The third-order valence-corrected chi connectivity index (χ3v) is 0.365. The molecule has 7 heavy (non-hydrogen) atoms. The number of nitro groups is 1. The molecule has 0 aliphatic heterocycles. The molecule has 0 bridgehead atoms. The second-order valence-electron chi connectivity index (χ2n) is 1.20. The van der Waals surface area contributed by atoms with Crippen LogP contribution in [0.2, 0.25) is 0 Å². The molecular formula is C3H6KNO2. The van der Waals surface area contributed by atoms with Crippen LogP contribution in [0.3, 0.4) is 0 Å². The Labute approximate surface area is 85.0 Å². The molecule has 0 aromatic rings. The van der Waals surface area contributed by atoms with Gasteiger partial charge in [0.25, 0.3) is 0 Å². The molecule has 0 N–H and O–H groups in total. The van der Waals surface area contributed by atoms with Crippen molar-refractivity contribution in [3.05, 3.63) is 16.2 Å². The molecule has 4 heteroatoms. The molecule has 0 heterocycles. The number of rotatable bonds is 1. The molecule has 0 unspecified atom stereocenters. The first-order valence-corrected chi connectivity index (χ1v) is 1.59. The molecule has 0 aliphatic rings. The van der Waals surface area contributed by atoms with Crippen molar-refractivity contribution in [3.63, 3.8) is 0 Å². The van der Waals surface area contributed by atoms with E-state index in [-0.39, 0.29) is 57.4 Å². The van der Waals surface area contributed by atoms with E-state index in [0.717, 1.165) is 0 Å². The second-order valence-corrected chi connectivity index (χ2v) is 1.20. The Morgan fingerprint density at radius 3 is 1.71 bits per heavy atom. The maximum atomic E-state index is 9.47. The van der Waals surface area contributed by atoms with E-state index in [1.165, 1.54) is 13.8 Å². The van der Waals surface area contributed by atoms with E-state index < -0.39 is 4.92 Å². The molecule has 0 radical (unpaired) electrons. The zero-order valence-electron chi connectivity index (χ0n) is 4.76. The van der Waals surface area contributed by atoms with E-state index in [0.29, 0.717) is 0 Å². The molecule has 0 aromatic carbocycles. The van der Waals surface area contributed by atoms with Gasteiger partial charge < -0.3 is 0 Å². The Kier molecular flexibility index (Phi) is 7.80. The Morgan fingerprint density at radius 2 is 1.71 bits per heavy atom. The van der Waals surface area contributed by atoms with E-state index >= 15 is 0 Å². The predicted molar refractivity (Wildman–Crippen MR) is 21.6 cm³/mol. The zero-order chi connectivity index (χ0) is 5.15. The smallest absolute Gasteiger partial charge is 0.295 e. The molecule has 36 valence electrons. The normalized spacial score (nSPS) is 6.57. The molecule has 0 saturated carbocycles. The standard InChI is InChI=1S/C3H6NO2.K/c1-3(2)4(5)6;/h1-2H3;/q-1;+1. The van der Waals surface area contributed by atoms with Crippen LogP contribution in [0.25, 0.3) is 0 Å². The summed E-state index contributed by atoms with van der Waals surface area (Å²) in [6.07, 6.45) is 0. The molecule has 3 nitrogen and oxygen atoms in total. The van der Waals surface area contributed by atoms with E-state index in [9.17, 15) is 10.1 Å². The van der Waals surface area contributed by atoms with Crippen LogP contribution in [-0.4, -0.2) is 4.92 Å². The molecule has 0 saturated heterocycles. The Hall–Kier alpha value is 0.906. The summed E-state index contributed by atoms with van der Waals surface area (Å²) >= 11 is 0. The summed E-state index contributed by atoms with van der Waals surface area (Å²) < 4.78 is 0. The van der Waals surface area contributed by atoms with E-state index in [1.807, 2.05) is 0 Å². The summed E-state index contributed by atoms with van der Waals surface area (Å²) in [6, 6.07) is 0.231. The van der Waals surface area contributed by atoms with Gasteiger partial charge >= 0.3 is 51.4 Å². The van der Waals surface area contributed by atoms with Crippen LogP contribution in [0.15, 0.2) is 0 Å². The molecule has 0 amide bonds. The van der Waals surface area contributed by atoms with Gasteiger partial charge in [0.05, 0.1) is 0 Å². The summed E-state index contributed by atoms with van der Waals surface area (Å²) in [5.41, 5.74) is 0. The largest absolute Gasteiger partial charge is 1.00 e.